The normalized spacial score (nSPS) is 12.9. The van der Waals surface area contributed by atoms with E-state index < -0.39 is 40.5 Å². The van der Waals surface area contributed by atoms with Gasteiger partial charge in [-0.25, -0.2) is 9.97 Å². The summed E-state index contributed by atoms with van der Waals surface area (Å²) in [6, 6.07) is 29.1. The minimum atomic E-state index is -4.55. The summed E-state index contributed by atoms with van der Waals surface area (Å²) in [6.07, 6.45) is 6.88. The lowest BCUT2D eigenvalue weighted by Crippen LogP contribution is -1.98. The Balaban J connectivity index is 0.00000576. The molecule has 2 aliphatic heterocycles. The Morgan fingerprint density at radius 1 is 0.308 bits per heavy atom. The number of hydrogen-bond acceptors (Lipinski definition) is 11. The van der Waals surface area contributed by atoms with Crippen LogP contribution in [0.3, 0.4) is 0 Å². The highest BCUT2D eigenvalue weighted by atomic mass is 32.2. The van der Waals surface area contributed by atoms with E-state index in [-0.39, 0.29) is 25.7 Å². The molecule has 7 aromatic rings. The Kier molecular flexibility index (Phi) is 11.2. The van der Waals surface area contributed by atoms with Crippen LogP contribution in [0.1, 0.15) is 22.8 Å². The molecule has 330 valence electrons. The molecule has 0 saturated heterocycles. The highest BCUT2D eigenvalue weighted by Crippen LogP contribution is 2.39. The molecular weight excluding hydrogens is 919 g/mol. The summed E-state index contributed by atoms with van der Waals surface area (Å²) in [5.41, 5.74) is 7.41. The third kappa shape index (κ3) is 8.70. The fourth-order valence-electron chi connectivity index (χ4n) is 7.59. The van der Waals surface area contributed by atoms with E-state index in [1.54, 1.807) is 48.6 Å². The van der Waals surface area contributed by atoms with E-state index in [0.29, 0.717) is 89.4 Å². The zero-order valence-corrected chi connectivity index (χ0v) is 36.4. The van der Waals surface area contributed by atoms with Crippen LogP contribution in [0.4, 0.5) is 0 Å². The van der Waals surface area contributed by atoms with Gasteiger partial charge >= 0.3 is 0 Å². The van der Waals surface area contributed by atoms with Crippen LogP contribution >= 0.6 is 0 Å². The van der Waals surface area contributed by atoms with Gasteiger partial charge < -0.3 is 16.1 Å². The van der Waals surface area contributed by atoms with E-state index in [0.717, 1.165) is 0 Å². The maximum absolute atomic E-state index is 12.0. The highest BCUT2D eigenvalue weighted by Gasteiger charge is 2.22. The molecular formula is C44H33N5O12S4. The van der Waals surface area contributed by atoms with E-state index in [4.69, 9.17) is 9.97 Å². The number of aromatic amines is 2. The quantitative estimate of drug-likeness (QED) is 0.0702. The van der Waals surface area contributed by atoms with E-state index in [1.165, 1.54) is 97.1 Å². The molecule has 0 spiro atoms. The lowest BCUT2D eigenvalue weighted by atomic mass is 10.0. The molecule has 8 bridgehead atoms. The van der Waals surface area contributed by atoms with Gasteiger partial charge in [-0.1, -0.05) is 48.5 Å². The van der Waals surface area contributed by atoms with Crippen LogP contribution in [0, 0.1) is 0 Å². The predicted molar refractivity (Wildman–Crippen MR) is 245 cm³/mol. The van der Waals surface area contributed by atoms with Crippen LogP contribution < -0.4 is 6.15 Å². The molecule has 0 unspecified atom stereocenters. The molecule has 0 amide bonds. The Morgan fingerprint density at radius 3 is 0.785 bits per heavy atom. The van der Waals surface area contributed by atoms with Gasteiger partial charge in [0.2, 0.25) is 0 Å². The minimum Gasteiger partial charge on any atom is -0.354 e. The van der Waals surface area contributed by atoms with Gasteiger partial charge in [-0.05, 0) is 119 Å². The lowest BCUT2D eigenvalue weighted by Gasteiger charge is -2.08. The number of benzene rings is 4. The average Bonchev–Trinajstić information content (AvgIpc) is 4.08. The predicted octanol–water partition coefficient (Wildman–Crippen LogP) is 8.47. The van der Waals surface area contributed by atoms with Crippen LogP contribution in [-0.4, -0.2) is 71.8 Å². The zero-order valence-electron chi connectivity index (χ0n) is 33.1. The number of nitrogens with one attached hydrogen (secondary N) is 2. The summed E-state index contributed by atoms with van der Waals surface area (Å²) in [5.74, 6) is 0. The summed E-state index contributed by atoms with van der Waals surface area (Å²) in [6.45, 7) is 0. The largest absolute Gasteiger partial charge is 0.354 e. The standard InChI is InChI=1S/C44H30N4O12S4.H3N/c49-61(50,51)29-9-1-25(2-10-29)41-33-17-19-35(45-33)42(26-3-11-30(12-4-26)62(52,53)54)37-21-23-39(47-37)44(28-7-15-32(16-8-28)64(58,59)60)40-24-22-38(48-40)43(36-20-18-34(41)46-36)27-5-13-31(14-6-27)63(55,56)57;/h1-24,45-46H,(H,49,50,51)(H,52,53,54)(H,55,56,57)(H,58,59,60);1H3. The second-order valence-corrected chi connectivity index (χ2v) is 20.2. The number of H-pyrrole nitrogens is 2. The fourth-order valence-corrected chi connectivity index (χ4v) is 9.51. The summed E-state index contributed by atoms with van der Waals surface area (Å²) in [7, 11) is -18.2. The first-order valence-electron chi connectivity index (χ1n) is 18.7. The fraction of sp³-hybridized carbons (Fsp3) is 0. The van der Waals surface area contributed by atoms with Crippen LogP contribution in [0.25, 0.3) is 90.9 Å². The first-order chi connectivity index (χ1) is 30.2. The van der Waals surface area contributed by atoms with Crippen molar-refractivity contribution in [3.8, 4) is 44.5 Å². The van der Waals surface area contributed by atoms with E-state index in [2.05, 4.69) is 9.97 Å². The van der Waals surface area contributed by atoms with Crippen molar-refractivity contribution in [2.24, 2.45) is 0 Å². The molecule has 3 aromatic heterocycles. The Labute approximate surface area is 371 Å². The molecule has 0 atom stereocenters. The van der Waals surface area contributed by atoms with Crippen molar-refractivity contribution in [1.82, 2.24) is 26.1 Å². The van der Waals surface area contributed by atoms with E-state index >= 15 is 0 Å². The molecule has 9 N–H and O–H groups in total. The molecule has 0 fully saturated rings. The van der Waals surface area contributed by atoms with Gasteiger partial charge in [-0.15, -0.1) is 0 Å². The van der Waals surface area contributed by atoms with Gasteiger partial charge in [0.05, 0.1) is 42.4 Å². The van der Waals surface area contributed by atoms with Crippen molar-refractivity contribution in [3.63, 3.8) is 0 Å². The summed E-state index contributed by atoms with van der Waals surface area (Å²) >= 11 is 0. The number of nitrogens with zero attached hydrogens (tertiary/aromatic N) is 2. The molecule has 2 aliphatic rings. The monoisotopic (exact) mass is 951 g/mol. The average molecular weight is 952 g/mol. The molecule has 0 aliphatic carbocycles. The van der Waals surface area contributed by atoms with Crippen molar-refractivity contribution < 1.29 is 51.9 Å². The summed E-state index contributed by atoms with van der Waals surface area (Å²) in [5, 5.41) is 0. The Bertz CT molecular complexity index is 3620. The van der Waals surface area contributed by atoms with Crippen molar-refractivity contribution in [2.75, 3.05) is 0 Å². The number of rotatable bonds is 8. The van der Waals surface area contributed by atoms with Crippen LogP contribution in [-0.2, 0) is 40.5 Å². The first-order valence-corrected chi connectivity index (χ1v) is 24.5. The summed E-state index contributed by atoms with van der Waals surface area (Å²) < 4.78 is 135. The molecule has 5 heterocycles. The highest BCUT2D eigenvalue weighted by molar-refractivity contribution is 7.86. The number of aromatic nitrogens is 4. The van der Waals surface area contributed by atoms with Crippen LogP contribution in [0.15, 0.2) is 141 Å². The van der Waals surface area contributed by atoms with Crippen LogP contribution in [0.5, 0.6) is 0 Å². The summed E-state index contributed by atoms with van der Waals surface area (Å²) in [4.78, 5) is 15.6. The molecule has 17 nitrogen and oxygen atoms in total. The van der Waals surface area contributed by atoms with Gasteiger partial charge in [0.1, 0.15) is 0 Å². The topological polar surface area (TPSA) is 310 Å². The second-order valence-electron chi connectivity index (χ2n) is 14.5. The van der Waals surface area contributed by atoms with Gasteiger partial charge in [0, 0.05) is 44.3 Å². The van der Waals surface area contributed by atoms with Crippen molar-refractivity contribution in [3.05, 3.63) is 144 Å². The molecule has 21 heteroatoms. The van der Waals surface area contributed by atoms with E-state index in [9.17, 15) is 51.9 Å². The van der Waals surface area contributed by atoms with Crippen molar-refractivity contribution >= 4 is 86.8 Å². The lowest BCUT2D eigenvalue weighted by molar-refractivity contribution is 0.481. The smallest absolute Gasteiger partial charge is 0.294 e. The SMILES string of the molecule is N.O=S(=O)(O)c1ccc(-c2c3nc(c(-c4ccc(S(=O)(=O)O)cc4)c4ccc([nH]4)c(-c4ccc(S(=O)(=O)O)cc4)c4ccc([nH]4)c(-c4ccc(S(=O)(=O)O)cc4)c4nc2C=C4)C=C3)cc1. The molecule has 65 heavy (non-hydrogen) atoms. The van der Waals surface area contributed by atoms with Crippen molar-refractivity contribution in [1.29, 1.82) is 0 Å². The Hall–Kier alpha value is -6.92. The van der Waals surface area contributed by atoms with Gasteiger partial charge in [0.15, 0.2) is 0 Å². The number of fused-ring (bicyclic) bond motifs is 8. The van der Waals surface area contributed by atoms with Gasteiger partial charge in [-0.3, -0.25) is 18.2 Å². The third-order valence-electron chi connectivity index (χ3n) is 10.5. The van der Waals surface area contributed by atoms with Crippen molar-refractivity contribution in [2.45, 2.75) is 19.6 Å². The maximum atomic E-state index is 12.0. The van der Waals surface area contributed by atoms with Gasteiger partial charge in [0.25, 0.3) is 40.5 Å². The molecule has 0 radical (unpaired) electrons. The minimum absolute atomic E-state index is 0. The maximum Gasteiger partial charge on any atom is 0.294 e. The first kappa shape index (κ1) is 44.7. The zero-order chi connectivity index (χ0) is 45.3. The third-order valence-corrected chi connectivity index (χ3v) is 14.0. The Morgan fingerprint density at radius 2 is 0.523 bits per heavy atom. The molecule has 0 saturated carbocycles. The second kappa shape index (κ2) is 16.3. The van der Waals surface area contributed by atoms with E-state index in [1.807, 2.05) is 0 Å². The van der Waals surface area contributed by atoms with Crippen LogP contribution in [0.2, 0.25) is 0 Å². The number of hydrogen-bond donors (Lipinski definition) is 7. The molecule has 9 rings (SSSR count). The molecule has 4 aromatic carbocycles. The van der Waals surface area contributed by atoms with Gasteiger partial charge in [-0.2, -0.15) is 33.7 Å².